The van der Waals surface area contributed by atoms with Crippen LogP contribution in [0.25, 0.3) is 16.8 Å². The highest BCUT2D eigenvalue weighted by Gasteiger charge is 2.28. The number of rotatable bonds is 4. The Morgan fingerprint density at radius 1 is 1.12 bits per heavy atom. The molecule has 1 amide bonds. The summed E-state index contributed by atoms with van der Waals surface area (Å²) in [5, 5.41) is 22.0. The number of phenolic OH excluding ortho intramolecular Hbond substituents is 1. The van der Waals surface area contributed by atoms with Crippen molar-refractivity contribution in [2.75, 3.05) is 0 Å². The molecular formula is C20H17N3O3. The van der Waals surface area contributed by atoms with E-state index in [1.54, 1.807) is 24.5 Å². The number of aromatic hydroxyl groups is 1. The number of nitrogens with zero attached hydrogens (tertiary/aromatic N) is 2. The maximum atomic E-state index is 12.3. The van der Waals surface area contributed by atoms with Crippen molar-refractivity contribution in [3.05, 3.63) is 78.3 Å². The second kappa shape index (κ2) is 6.50. The number of hydrogen-bond acceptors (Lipinski definition) is 4. The van der Waals surface area contributed by atoms with Crippen molar-refractivity contribution in [1.82, 2.24) is 14.9 Å². The minimum absolute atomic E-state index is 0.181. The first kappa shape index (κ1) is 16.1. The number of hydrogen-bond donors (Lipinski definition) is 3. The summed E-state index contributed by atoms with van der Waals surface area (Å²) in [6.07, 6.45) is 2.15. The molecule has 0 aliphatic carbocycles. The van der Waals surface area contributed by atoms with Crippen molar-refractivity contribution in [2.45, 2.75) is 12.8 Å². The number of amides is 1. The minimum Gasteiger partial charge on any atom is -0.508 e. The molecule has 1 unspecified atom stereocenters. The Morgan fingerprint density at radius 2 is 1.92 bits per heavy atom. The Morgan fingerprint density at radius 3 is 2.62 bits per heavy atom. The summed E-state index contributed by atoms with van der Waals surface area (Å²) < 4.78 is 1.85. The van der Waals surface area contributed by atoms with Crippen molar-refractivity contribution in [3.63, 3.8) is 0 Å². The zero-order valence-corrected chi connectivity index (χ0v) is 13.8. The third kappa shape index (κ3) is 2.98. The lowest BCUT2D eigenvalue weighted by Gasteiger charge is -2.11. The minimum atomic E-state index is -1.01. The number of benzene rings is 2. The van der Waals surface area contributed by atoms with Crippen molar-refractivity contribution < 1.29 is 15.0 Å². The summed E-state index contributed by atoms with van der Waals surface area (Å²) in [5.41, 5.74) is 3.44. The van der Waals surface area contributed by atoms with Crippen LogP contribution in [0.3, 0.4) is 0 Å². The van der Waals surface area contributed by atoms with Gasteiger partial charge in [-0.2, -0.15) is 0 Å². The molecule has 2 heterocycles. The first-order chi connectivity index (χ1) is 12.6. The third-order valence-corrected chi connectivity index (χ3v) is 4.25. The van der Waals surface area contributed by atoms with Crippen LogP contribution in [0.1, 0.15) is 11.3 Å². The second-order valence-electron chi connectivity index (χ2n) is 6.10. The van der Waals surface area contributed by atoms with Crippen molar-refractivity contribution in [3.8, 4) is 17.0 Å². The largest absolute Gasteiger partial charge is 0.508 e. The molecule has 0 fully saturated rings. The van der Waals surface area contributed by atoms with Gasteiger partial charge in [0.05, 0.1) is 23.3 Å². The van der Waals surface area contributed by atoms with E-state index in [4.69, 9.17) is 0 Å². The Bertz CT molecular complexity index is 993. The highest BCUT2D eigenvalue weighted by atomic mass is 16.3. The lowest BCUT2D eigenvalue weighted by molar-refractivity contribution is -0.116. The van der Waals surface area contributed by atoms with Crippen LogP contribution in [-0.4, -0.2) is 31.9 Å². The van der Waals surface area contributed by atoms with Gasteiger partial charge in [-0.15, -0.1) is 0 Å². The van der Waals surface area contributed by atoms with E-state index in [2.05, 4.69) is 10.3 Å². The molecule has 3 aromatic rings. The molecular weight excluding hydrogens is 330 g/mol. The predicted octanol–water partition coefficient (Wildman–Crippen LogP) is 2.14. The molecule has 130 valence electrons. The molecule has 6 heteroatoms. The van der Waals surface area contributed by atoms with Crippen LogP contribution < -0.4 is 5.32 Å². The fraction of sp³-hybridized carbons (Fsp3) is 0.100. The van der Waals surface area contributed by atoms with Gasteiger partial charge >= 0.3 is 0 Å². The molecule has 1 aromatic heterocycles. The van der Waals surface area contributed by atoms with Gasteiger partial charge in [0.1, 0.15) is 12.0 Å². The molecule has 1 aliphatic heterocycles. The fourth-order valence-electron chi connectivity index (χ4n) is 3.12. The van der Waals surface area contributed by atoms with E-state index in [1.165, 1.54) is 6.08 Å². The van der Waals surface area contributed by atoms with E-state index < -0.39 is 6.23 Å². The number of phenols is 1. The lowest BCUT2D eigenvalue weighted by Crippen LogP contribution is -2.26. The number of aliphatic hydroxyl groups excluding tert-OH is 1. The molecule has 3 N–H and O–H groups in total. The van der Waals surface area contributed by atoms with Crippen LogP contribution in [0.15, 0.2) is 67.0 Å². The maximum absolute atomic E-state index is 12.3. The molecule has 0 saturated heterocycles. The standard InChI is InChI=1S/C20H17N3O3/c24-15-8-4-5-13(9-15)11-23-12-21-18(14-6-2-1-3-7-14)19(23)16-10-17(25)22-20(16)26/h1-10,12,17,24-25H,11H2,(H,22,26). The number of carbonyl (C=O) groups excluding carboxylic acids is 1. The van der Waals surface area contributed by atoms with E-state index in [1.807, 2.05) is 41.0 Å². The molecule has 0 spiro atoms. The summed E-state index contributed by atoms with van der Waals surface area (Å²) in [5.74, 6) is -0.159. The summed E-state index contributed by atoms with van der Waals surface area (Å²) in [4.78, 5) is 16.8. The summed E-state index contributed by atoms with van der Waals surface area (Å²) in [7, 11) is 0. The molecule has 26 heavy (non-hydrogen) atoms. The van der Waals surface area contributed by atoms with Crippen LogP contribution in [0, 0.1) is 0 Å². The van der Waals surface area contributed by atoms with Gasteiger partial charge in [-0.05, 0) is 23.8 Å². The highest BCUT2D eigenvalue weighted by molar-refractivity contribution is 6.22. The smallest absolute Gasteiger partial charge is 0.255 e. The van der Waals surface area contributed by atoms with Gasteiger partial charge in [0.25, 0.3) is 5.91 Å². The third-order valence-electron chi connectivity index (χ3n) is 4.25. The summed E-state index contributed by atoms with van der Waals surface area (Å²) in [6, 6.07) is 16.5. The normalized spacial score (nSPS) is 16.4. The second-order valence-corrected chi connectivity index (χ2v) is 6.10. The number of imidazole rings is 1. The van der Waals surface area contributed by atoms with E-state index in [0.29, 0.717) is 23.5 Å². The Kier molecular flexibility index (Phi) is 4.02. The molecule has 1 atom stereocenters. The maximum Gasteiger partial charge on any atom is 0.255 e. The van der Waals surface area contributed by atoms with Crippen LogP contribution >= 0.6 is 0 Å². The molecule has 0 saturated carbocycles. The average Bonchev–Trinajstić information content (AvgIpc) is 3.18. The Balaban J connectivity index is 1.83. The van der Waals surface area contributed by atoms with E-state index in [0.717, 1.165) is 11.1 Å². The molecule has 0 radical (unpaired) electrons. The van der Waals surface area contributed by atoms with Gasteiger partial charge in [0.2, 0.25) is 0 Å². The Labute approximate surface area is 150 Å². The van der Waals surface area contributed by atoms with E-state index in [-0.39, 0.29) is 11.7 Å². The topological polar surface area (TPSA) is 87.4 Å². The first-order valence-corrected chi connectivity index (χ1v) is 8.21. The predicted molar refractivity (Wildman–Crippen MR) is 97.0 cm³/mol. The van der Waals surface area contributed by atoms with Gasteiger partial charge in [-0.25, -0.2) is 4.98 Å². The number of aliphatic hydroxyl groups is 1. The first-order valence-electron chi connectivity index (χ1n) is 8.21. The fourth-order valence-corrected chi connectivity index (χ4v) is 3.12. The van der Waals surface area contributed by atoms with Crippen LogP contribution in [0.5, 0.6) is 5.75 Å². The van der Waals surface area contributed by atoms with Crippen molar-refractivity contribution in [1.29, 1.82) is 0 Å². The van der Waals surface area contributed by atoms with Gasteiger partial charge in [0.15, 0.2) is 0 Å². The summed E-state index contributed by atoms with van der Waals surface area (Å²) >= 11 is 0. The lowest BCUT2D eigenvalue weighted by atomic mass is 10.0. The highest BCUT2D eigenvalue weighted by Crippen LogP contribution is 2.31. The number of nitrogens with one attached hydrogen (secondary N) is 1. The van der Waals surface area contributed by atoms with Gasteiger partial charge < -0.3 is 20.1 Å². The number of aromatic nitrogens is 2. The van der Waals surface area contributed by atoms with Crippen LogP contribution in [-0.2, 0) is 11.3 Å². The van der Waals surface area contributed by atoms with Crippen LogP contribution in [0.2, 0.25) is 0 Å². The Hall–Kier alpha value is -3.38. The van der Waals surface area contributed by atoms with E-state index >= 15 is 0 Å². The van der Waals surface area contributed by atoms with Gasteiger partial charge in [0, 0.05) is 12.1 Å². The number of carbonyl (C=O) groups is 1. The average molecular weight is 347 g/mol. The zero-order valence-electron chi connectivity index (χ0n) is 13.8. The monoisotopic (exact) mass is 347 g/mol. The summed E-state index contributed by atoms with van der Waals surface area (Å²) in [6.45, 7) is 0.435. The van der Waals surface area contributed by atoms with Gasteiger partial charge in [-0.1, -0.05) is 42.5 Å². The SMILES string of the molecule is O=C1NC(O)C=C1c1c(-c2ccccc2)ncn1Cc1cccc(O)c1. The van der Waals surface area contributed by atoms with E-state index in [9.17, 15) is 15.0 Å². The van der Waals surface area contributed by atoms with Crippen LogP contribution in [0.4, 0.5) is 0 Å². The molecule has 2 aromatic carbocycles. The zero-order chi connectivity index (χ0) is 18.1. The quantitative estimate of drug-likeness (QED) is 0.675. The molecule has 6 nitrogen and oxygen atoms in total. The van der Waals surface area contributed by atoms with Crippen molar-refractivity contribution >= 4 is 11.5 Å². The van der Waals surface area contributed by atoms with Gasteiger partial charge in [-0.3, -0.25) is 4.79 Å². The molecule has 4 rings (SSSR count). The van der Waals surface area contributed by atoms with Crippen molar-refractivity contribution in [2.24, 2.45) is 0 Å². The molecule has 1 aliphatic rings. The molecule has 0 bridgehead atoms.